The van der Waals surface area contributed by atoms with Gasteiger partial charge in [0, 0.05) is 17.6 Å². The third-order valence-corrected chi connectivity index (χ3v) is 5.68. The van der Waals surface area contributed by atoms with Crippen LogP contribution in [0.3, 0.4) is 0 Å². The molecule has 1 aliphatic heterocycles. The molecule has 2 heterocycles. The molecular weight excluding hydrogens is 389 g/mol. The first-order valence-corrected chi connectivity index (χ1v) is 10.3. The predicted octanol–water partition coefficient (Wildman–Crippen LogP) is 6.06. The molecule has 0 fully saturated rings. The van der Waals surface area contributed by atoms with Crippen LogP contribution < -0.4 is 5.32 Å². The quantitative estimate of drug-likeness (QED) is 0.428. The van der Waals surface area contributed by atoms with Gasteiger partial charge in [-0.3, -0.25) is 0 Å². The standard InChI is InChI=1S/C26H22FN3O/c1-18-6-4-8-22(16-18)28-26(31)30-17-20-7-2-3-9-23(20)29-15-5-10-24(29)25(30)19-11-13-21(27)14-12-19/h2-16,25H,17H2,1H3,(H,28,31)/t25-/m0/s1. The molecule has 1 N–H and O–H groups in total. The minimum Gasteiger partial charge on any atom is -0.318 e. The van der Waals surface area contributed by atoms with Gasteiger partial charge in [0.2, 0.25) is 0 Å². The molecule has 1 aliphatic rings. The van der Waals surface area contributed by atoms with Gasteiger partial charge in [0.05, 0.1) is 18.3 Å². The van der Waals surface area contributed by atoms with Gasteiger partial charge in [-0.15, -0.1) is 0 Å². The molecule has 5 rings (SSSR count). The molecule has 0 unspecified atom stereocenters. The highest BCUT2D eigenvalue weighted by molar-refractivity contribution is 5.90. The predicted molar refractivity (Wildman–Crippen MR) is 120 cm³/mol. The Morgan fingerprint density at radius 2 is 1.77 bits per heavy atom. The van der Waals surface area contributed by atoms with Crippen LogP contribution in [-0.2, 0) is 6.54 Å². The summed E-state index contributed by atoms with van der Waals surface area (Å²) in [6.45, 7) is 2.42. The monoisotopic (exact) mass is 411 g/mol. The molecule has 0 saturated carbocycles. The van der Waals surface area contributed by atoms with Crippen molar-refractivity contribution in [1.82, 2.24) is 9.47 Å². The fourth-order valence-corrected chi connectivity index (χ4v) is 4.25. The summed E-state index contributed by atoms with van der Waals surface area (Å²) in [6, 6.07) is 25.6. The van der Waals surface area contributed by atoms with Crippen LogP contribution in [0.5, 0.6) is 0 Å². The maximum Gasteiger partial charge on any atom is 0.322 e. The third kappa shape index (κ3) is 3.59. The van der Waals surface area contributed by atoms with Crippen molar-refractivity contribution in [1.29, 1.82) is 0 Å². The summed E-state index contributed by atoms with van der Waals surface area (Å²) < 4.78 is 15.8. The molecule has 31 heavy (non-hydrogen) atoms. The first kappa shape index (κ1) is 19.1. The first-order chi connectivity index (χ1) is 15.1. The Morgan fingerprint density at radius 1 is 0.968 bits per heavy atom. The third-order valence-electron chi connectivity index (χ3n) is 5.68. The van der Waals surface area contributed by atoms with Crippen LogP contribution >= 0.6 is 0 Å². The van der Waals surface area contributed by atoms with E-state index in [-0.39, 0.29) is 17.9 Å². The van der Waals surface area contributed by atoms with E-state index >= 15 is 0 Å². The van der Waals surface area contributed by atoms with E-state index in [9.17, 15) is 9.18 Å². The largest absolute Gasteiger partial charge is 0.322 e. The van der Waals surface area contributed by atoms with Gasteiger partial charge in [0.15, 0.2) is 0 Å². The Kier molecular flexibility index (Phi) is 4.79. The van der Waals surface area contributed by atoms with Crippen LogP contribution in [0.2, 0.25) is 0 Å². The number of hydrogen-bond acceptors (Lipinski definition) is 1. The second-order valence-corrected chi connectivity index (χ2v) is 7.81. The van der Waals surface area contributed by atoms with Crippen LogP contribution in [0.25, 0.3) is 5.69 Å². The average molecular weight is 411 g/mol. The van der Waals surface area contributed by atoms with Crippen molar-refractivity contribution in [3.05, 3.63) is 119 Å². The van der Waals surface area contributed by atoms with Crippen molar-refractivity contribution < 1.29 is 9.18 Å². The summed E-state index contributed by atoms with van der Waals surface area (Å²) in [7, 11) is 0. The fourth-order valence-electron chi connectivity index (χ4n) is 4.25. The Morgan fingerprint density at radius 3 is 2.58 bits per heavy atom. The molecule has 0 bridgehead atoms. The number of hydrogen-bond donors (Lipinski definition) is 1. The lowest BCUT2D eigenvalue weighted by molar-refractivity contribution is 0.194. The minimum absolute atomic E-state index is 0.204. The fraction of sp³-hybridized carbons (Fsp3) is 0.115. The molecule has 0 spiro atoms. The molecule has 0 aliphatic carbocycles. The van der Waals surface area contributed by atoms with Gasteiger partial charge in [-0.1, -0.05) is 42.5 Å². The van der Waals surface area contributed by atoms with E-state index in [0.29, 0.717) is 6.54 Å². The van der Waals surface area contributed by atoms with E-state index in [4.69, 9.17) is 0 Å². The number of anilines is 1. The number of rotatable bonds is 2. The highest BCUT2D eigenvalue weighted by atomic mass is 19.1. The molecule has 4 aromatic rings. The number of para-hydroxylation sites is 1. The Labute approximate surface area is 180 Å². The van der Waals surface area contributed by atoms with E-state index < -0.39 is 0 Å². The zero-order chi connectivity index (χ0) is 21.4. The number of aryl methyl sites for hydroxylation is 1. The number of carbonyl (C=O) groups excluding carboxylic acids is 1. The van der Waals surface area contributed by atoms with Crippen LogP contribution in [0.4, 0.5) is 14.9 Å². The minimum atomic E-state index is -0.368. The van der Waals surface area contributed by atoms with Crippen LogP contribution in [0.15, 0.2) is 91.1 Å². The normalized spacial score (nSPS) is 15.0. The Hall–Kier alpha value is -3.86. The lowest BCUT2D eigenvalue weighted by atomic mass is 10.0. The van der Waals surface area contributed by atoms with E-state index in [0.717, 1.165) is 33.8 Å². The van der Waals surface area contributed by atoms with Crippen molar-refractivity contribution in [2.45, 2.75) is 19.5 Å². The van der Waals surface area contributed by atoms with Gasteiger partial charge in [0.1, 0.15) is 5.82 Å². The lowest BCUT2D eigenvalue weighted by Crippen LogP contribution is -2.37. The Balaban J connectivity index is 1.63. The van der Waals surface area contributed by atoms with Gasteiger partial charge in [-0.2, -0.15) is 0 Å². The van der Waals surface area contributed by atoms with Gasteiger partial charge in [-0.05, 0) is 66.1 Å². The maximum atomic E-state index is 13.7. The molecule has 154 valence electrons. The number of nitrogens with one attached hydrogen (secondary N) is 1. The Bertz CT molecular complexity index is 1250. The van der Waals surface area contributed by atoms with Crippen LogP contribution in [-0.4, -0.2) is 15.5 Å². The summed E-state index contributed by atoms with van der Waals surface area (Å²) in [5, 5.41) is 3.05. The number of aromatic nitrogens is 1. The molecule has 0 saturated heterocycles. The number of halogens is 1. The van der Waals surface area contributed by atoms with E-state index in [2.05, 4.69) is 16.0 Å². The number of carbonyl (C=O) groups is 1. The number of fused-ring (bicyclic) bond motifs is 3. The number of nitrogens with zero attached hydrogens (tertiary/aromatic N) is 2. The van der Waals surface area contributed by atoms with Crippen molar-refractivity contribution >= 4 is 11.7 Å². The molecule has 5 heteroatoms. The molecule has 1 aromatic heterocycles. The van der Waals surface area contributed by atoms with Gasteiger partial charge in [0.25, 0.3) is 0 Å². The second-order valence-electron chi connectivity index (χ2n) is 7.81. The van der Waals surface area contributed by atoms with Crippen molar-refractivity contribution in [2.24, 2.45) is 0 Å². The zero-order valence-electron chi connectivity index (χ0n) is 17.1. The van der Waals surface area contributed by atoms with E-state index in [1.165, 1.54) is 12.1 Å². The smallest absolute Gasteiger partial charge is 0.318 e. The second kappa shape index (κ2) is 7.76. The molecule has 1 atom stereocenters. The average Bonchev–Trinajstić information content (AvgIpc) is 3.19. The number of amides is 2. The molecule has 3 aromatic carbocycles. The summed E-state index contributed by atoms with van der Waals surface area (Å²) >= 11 is 0. The van der Waals surface area contributed by atoms with E-state index in [1.54, 1.807) is 12.1 Å². The summed E-state index contributed by atoms with van der Waals surface area (Å²) in [5.74, 6) is -0.299. The summed E-state index contributed by atoms with van der Waals surface area (Å²) in [4.78, 5) is 15.4. The summed E-state index contributed by atoms with van der Waals surface area (Å²) in [5.41, 5.74) is 5.72. The molecule has 4 nitrogen and oxygen atoms in total. The number of urea groups is 1. The molecule has 0 radical (unpaired) electrons. The molecular formula is C26H22FN3O. The molecule has 2 amide bonds. The van der Waals surface area contributed by atoms with Crippen LogP contribution in [0, 0.1) is 12.7 Å². The van der Waals surface area contributed by atoms with E-state index in [1.807, 2.05) is 72.6 Å². The topological polar surface area (TPSA) is 37.3 Å². The highest BCUT2D eigenvalue weighted by Gasteiger charge is 2.33. The lowest BCUT2D eigenvalue weighted by Gasteiger charge is -2.31. The van der Waals surface area contributed by atoms with Gasteiger partial charge >= 0.3 is 6.03 Å². The maximum absolute atomic E-state index is 13.7. The van der Waals surface area contributed by atoms with Gasteiger partial charge in [-0.25, -0.2) is 9.18 Å². The SMILES string of the molecule is Cc1cccc(NC(=O)N2Cc3ccccc3-n3cccc3[C@@H]2c2ccc(F)cc2)c1. The van der Waals surface area contributed by atoms with Crippen molar-refractivity contribution in [3.8, 4) is 5.69 Å². The summed E-state index contributed by atoms with van der Waals surface area (Å²) in [6.07, 6.45) is 2.01. The highest BCUT2D eigenvalue weighted by Crippen LogP contribution is 2.37. The van der Waals surface area contributed by atoms with Gasteiger partial charge < -0.3 is 14.8 Å². The van der Waals surface area contributed by atoms with Crippen molar-refractivity contribution in [2.75, 3.05) is 5.32 Å². The van der Waals surface area contributed by atoms with Crippen molar-refractivity contribution in [3.63, 3.8) is 0 Å². The van der Waals surface area contributed by atoms with Crippen LogP contribution in [0.1, 0.15) is 28.4 Å². The first-order valence-electron chi connectivity index (χ1n) is 10.3. The zero-order valence-corrected chi connectivity index (χ0v) is 17.1. The number of benzene rings is 3.